The number of nitro groups is 1. The summed E-state index contributed by atoms with van der Waals surface area (Å²) in [5, 5.41) is 11.1. The first-order valence-corrected chi connectivity index (χ1v) is 11.4. The number of rotatable bonds is 6. The summed E-state index contributed by atoms with van der Waals surface area (Å²) in [7, 11) is -2.31. The maximum atomic E-state index is 12.7. The molecule has 3 rings (SSSR count). The Kier molecular flexibility index (Phi) is 6.32. The Morgan fingerprint density at radius 3 is 2.61 bits per heavy atom. The predicted molar refractivity (Wildman–Crippen MR) is 113 cm³/mol. The number of fused-ring (bicyclic) bond motifs is 1. The van der Waals surface area contributed by atoms with Crippen molar-refractivity contribution >= 4 is 49.0 Å². The molecule has 0 saturated carbocycles. The molecule has 2 aromatic carbocycles. The second kappa shape index (κ2) is 8.78. The Morgan fingerprint density at radius 1 is 1.23 bits per heavy atom. The summed E-state index contributed by atoms with van der Waals surface area (Å²) in [5.74, 6) is -1.46. The second-order valence-corrected chi connectivity index (χ2v) is 9.59. The largest absolute Gasteiger partial charge is 0.468 e. The number of aromatic nitrogens is 1. The average molecular weight is 463 g/mol. The lowest BCUT2D eigenvalue weighted by Gasteiger charge is -2.04. The zero-order valence-electron chi connectivity index (χ0n) is 16.5. The van der Waals surface area contributed by atoms with Gasteiger partial charge in [-0.3, -0.25) is 19.7 Å². The fourth-order valence-corrected chi connectivity index (χ4v) is 4.68. The summed E-state index contributed by atoms with van der Waals surface area (Å²) in [5.41, 5.74) is 0.223. The molecule has 162 valence electrons. The third-order valence-electron chi connectivity index (χ3n) is 4.41. The van der Waals surface area contributed by atoms with E-state index in [1.807, 2.05) is 0 Å². The summed E-state index contributed by atoms with van der Waals surface area (Å²) in [4.78, 5) is 39.3. The highest BCUT2D eigenvalue weighted by Gasteiger charge is 2.17. The lowest BCUT2D eigenvalue weighted by atomic mass is 10.2. The van der Waals surface area contributed by atoms with Crippen LogP contribution >= 0.6 is 11.3 Å². The highest BCUT2D eigenvalue weighted by molar-refractivity contribution is 7.91. The number of benzene rings is 2. The normalized spacial score (nSPS) is 12.1. The van der Waals surface area contributed by atoms with Gasteiger partial charge in [0.25, 0.3) is 11.6 Å². The van der Waals surface area contributed by atoms with Gasteiger partial charge in [0.2, 0.25) is 0 Å². The zero-order valence-corrected chi connectivity index (χ0v) is 18.1. The Labute approximate surface area is 180 Å². The average Bonchev–Trinajstić information content (AvgIpc) is 3.09. The number of methoxy groups -OCH3 is 1. The number of carbonyl (C=O) groups excluding carboxylic acids is 2. The van der Waals surface area contributed by atoms with E-state index >= 15 is 0 Å². The van der Waals surface area contributed by atoms with Crippen LogP contribution in [-0.4, -0.2) is 42.6 Å². The van der Waals surface area contributed by atoms with E-state index in [1.54, 1.807) is 0 Å². The van der Waals surface area contributed by atoms with Crippen LogP contribution in [0.4, 0.5) is 5.69 Å². The van der Waals surface area contributed by atoms with Gasteiger partial charge in [-0.25, -0.2) is 8.42 Å². The minimum absolute atomic E-state index is 0.00505. The Morgan fingerprint density at radius 2 is 1.97 bits per heavy atom. The molecule has 0 aliphatic carbocycles. The molecule has 1 heterocycles. The number of nitro benzene ring substituents is 1. The van der Waals surface area contributed by atoms with Gasteiger partial charge in [-0.05, 0) is 24.3 Å². The molecule has 3 aromatic rings. The van der Waals surface area contributed by atoms with Crippen molar-refractivity contribution in [3.05, 3.63) is 62.9 Å². The number of non-ortho nitro benzene ring substituents is 1. The fourth-order valence-electron chi connectivity index (χ4n) is 2.74. The van der Waals surface area contributed by atoms with Crippen molar-refractivity contribution in [1.29, 1.82) is 0 Å². The molecule has 0 radical (unpaired) electrons. The van der Waals surface area contributed by atoms with E-state index in [2.05, 4.69) is 9.73 Å². The molecule has 10 nitrogen and oxygen atoms in total. The fraction of sp³-hybridized carbons (Fsp3) is 0.211. The Bertz CT molecular complexity index is 1370. The van der Waals surface area contributed by atoms with Crippen LogP contribution in [0.15, 0.2) is 52.4 Å². The number of esters is 1. The van der Waals surface area contributed by atoms with Crippen LogP contribution in [0.3, 0.4) is 0 Å². The zero-order chi connectivity index (χ0) is 22.8. The van der Waals surface area contributed by atoms with Gasteiger partial charge in [0.15, 0.2) is 14.6 Å². The molecule has 1 aromatic heterocycles. The van der Waals surface area contributed by atoms with E-state index in [1.165, 1.54) is 61.1 Å². The van der Waals surface area contributed by atoms with Gasteiger partial charge in [0.05, 0.1) is 32.9 Å². The van der Waals surface area contributed by atoms with Crippen molar-refractivity contribution in [2.24, 2.45) is 4.99 Å². The van der Waals surface area contributed by atoms with E-state index in [9.17, 15) is 28.1 Å². The van der Waals surface area contributed by atoms with E-state index in [0.29, 0.717) is 10.2 Å². The van der Waals surface area contributed by atoms with E-state index in [0.717, 1.165) is 11.3 Å². The molecule has 1 amide bonds. The maximum Gasteiger partial charge on any atom is 0.325 e. The van der Waals surface area contributed by atoms with E-state index < -0.39 is 26.6 Å². The molecule has 0 fully saturated rings. The first kappa shape index (κ1) is 22.3. The monoisotopic (exact) mass is 463 g/mol. The number of sulfone groups is 1. The number of hydrogen-bond acceptors (Lipinski definition) is 8. The van der Waals surface area contributed by atoms with Crippen molar-refractivity contribution < 1.29 is 27.7 Å². The van der Waals surface area contributed by atoms with Crippen LogP contribution in [0.2, 0.25) is 0 Å². The standard InChI is InChI=1S/C19H17N3O7S2/c1-3-31(27,28)14-6-4-5-12(9-14)18(24)20-19-21(11-17(23)29-2)15-10-13(22(25)26)7-8-16(15)30-19/h4-10H,3,11H2,1-2H3. The van der Waals surface area contributed by atoms with Crippen LogP contribution < -0.4 is 4.80 Å². The van der Waals surface area contributed by atoms with Crippen molar-refractivity contribution in [3.8, 4) is 0 Å². The van der Waals surface area contributed by atoms with Crippen LogP contribution in [-0.2, 0) is 25.9 Å². The number of amides is 1. The van der Waals surface area contributed by atoms with Crippen LogP contribution in [0.5, 0.6) is 0 Å². The number of thiazole rings is 1. The van der Waals surface area contributed by atoms with Crippen molar-refractivity contribution in [1.82, 2.24) is 4.57 Å². The number of carbonyl (C=O) groups is 2. The molecule has 31 heavy (non-hydrogen) atoms. The van der Waals surface area contributed by atoms with Gasteiger partial charge >= 0.3 is 5.97 Å². The van der Waals surface area contributed by atoms with Crippen LogP contribution in [0.1, 0.15) is 17.3 Å². The first-order valence-electron chi connectivity index (χ1n) is 8.92. The Balaban J connectivity index is 2.16. The smallest absolute Gasteiger partial charge is 0.325 e. The van der Waals surface area contributed by atoms with Crippen LogP contribution in [0, 0.1) is 10.1 Å². The number of ether oxygens (including phenoxy) is 1. The third kappa shape index (κ3) is 4.70. The lowest BCUT2D eigenvalue weighted by Crippen LogP contribution is -2.22. The summed E-state index contributed by atoms with van der Waals surface area (Å²) >= 11 is 1.06. The molecule has 0 bridgehead atoms. The summed E-state index contributed by atoms with van der Waals surface area (Å²) in [6, 6.07) is 9.62. The molecule has 0 spiro atoms. The molecule has 0 N–H and O–H groups in total. The van der Waals surface area contributed by atoms with Crippen molar-refractivity contribution in [3.63, 3.8) is 0 Å². The van der Waals surface area contributed by atoms with Gasteiger partial charge in [0, 0.05) is 17.7 Å². The van der Waals surface area contributed by atoms with Crippen LogP contribution in [0.25, 0.3) is 10.2 Å². The highest BCUT2D eigenvalue weighted by Crippen LogP contribution is 2.23. The second-order valence-electron chi connectivity index (χ2n) is 6.30. The van der Waals surface area contributed by atoms with Gasteiger partial charge in [-0.1, -0.05) is 24.3 Å². The minimum Gasteiger partial charge on any atom is -0.468 e. The SMILES string of the molecule is CCS(=O)(=O)c1cccc(C(=O)N=c2sc3ccc([N+](=O)[O-])cc3n2CC(=O)OC)c1. The predicted octanol–water partition coefficient (Wildman–Crippen LogP) is 2.32. The molecule has 0 atom stereocenters. The van der Waals surface area contributed by atoms with Crippen molar-refractivity contribution in [2.45, 2.75) is 18.4 Å². The molecule has 12 heteroatoms. The molecular weight excluding hydrogens is 446 g/mol. The first-order chi connectivity index (χ1) is 14.7. The quantitative estimate of drug-likeness (QED) is 0.311. The molecule has 0 aliphatic rings. The highest BCUT2D eigenvalue weighted by atomic mass is 32.2. The topological polar surface area (TPSA) is 138 Å². The number of hydrogen-bond donors (Lipinski definition) is 0. The molecule has 0 unspecified atom stereocenters. The van der Waals surface area contributed by atoms with Gasteiger partial charge in [-0.15, -0.1) is 0 Å². The summed E-state index contributed by atoms with van der Waals surface area (Å²) in [6.45, 7) is 1.19. The van der Waals surface area contributed by atoms with Gasteiger partial charge < -0.3 is 9.30 Å². The van der Waals surface area contributed by atoms with Gasteiger partial charge in [0.1, 0.15) is 6.54 Å². The lowest BCUT2D eigenvalue weighted by molar-refractivity contribution is -0.384. The molecular formula is C19H17N3O7S2. The van der Waals surface area contributed by atoms with Gasteiger partial charge in [-0.2, -0.15) is 4.99 Å². The van der Waals surface area contributed by atoms with E-state index in [-0.39, 0.29) is 33.2 Å². The number of nitrogens with zero attached hydrogens (tertiary/aromatic N) is 3. The minimum atomic E-state index is -3.51. The molecule has 0 aliphatic heterocycles. The summed E-state index contributed by atoms with van der Waals surface area (Å²) in [6.07, 6.45) is 0. The van der Waals surface area contributed by atoms with Crippen molar-refractivity contribution in [2.75, 3.05) is 12.9 Å². The maximum absolute atomic E-state index is 12.7. The van der Waals surface area contributed by atoms with E-state index in [4.69, 9.17) is 0 Å². The Hall–Kier alpha value is -3.38. The third-order valence-corrected chi connectivity index (χ3v) is 7.20. The molecule has 0 saturated heterocycles. The summed E-state index contributed by atoms with van der Waals surface area (Å²) < 4.78 is 30.8.